The van der Waals surface area contributed by atoms with Crippen molar-refractivity contribution in [2.24, 2.45) is 0 Å². The molecule has 1 N–H and O–H groups in total. The lowest BCUT2D eigenvalue weighted by atomic mass is 10.1. The fourth-order valence-electron chi connectivity index (χ4n) is 1.17. The van der Waals surface area contributed by atoms with E-state index in [9.17, 15) is 20.2 Å². The summed E-state index contributed by atoms with van der Waals surface area (Å²) in [6.07, 6.45) is 0. The van der Waals surface area contributed by atoms with Crippen molar-refractivity contribution in [3.63, 3.8) is 0 Å². The van der Waals surface area contributed by atoms with E-state index >= 15 is 0 Å². The van der Waals surface area contributed by atoms with Crippen LogP contribution in [0.1, 0.15) is 5.56 Å². The third-order valence-corrected chi connectivity index (χ3v) is 1.90. The van der Waals surface area contributed by atoms with Crippen molar-refractivity contribution in [2.75, 3.05) is 12.4 Å². The highest BCUT2D eigenvalue weighted by Crippen LogP contribution is 2.32. The zero-order valence-electron chi connectivity index (χ0n) is 8.13. The van der Waals surface area contributed by atoms with Crippen molar-refractivity contribution >= 4 is 17.1 Å². The summed E-state index contributed by atoms with van der Waals surface area (Å²) in [5.41, 5.74) is -1.17. The largest absolute Gasteiger partial charge is 0.387 e. The van der Waals surface area contributed by atoms with Gasteiger partial charge in [-0.1, -0.05) is 0 Å². The van der Waals surface area contributed by atoms with Gasteiger partial charge < -0.3 is 5.32 Å². The molecule has 0 amide bonds. The quantitative estimate of drug-likeness (QED) is 0.609. The standard InChI is InChI=1S/C8H6N4O4/c1-10-6-3-8(12(15)16)7(11(13)14)2-5(6)4-9/h2-3,10H,1H3. The highest BCUT2D eigenvalue weighted by atomic mass is 16.6. The monoisotopic (exact) mass is 222 g/mol. The van der Waals surface area contributed by atoms with Crippen LogP contribution in [0.2, 0.25) is 0 Å². The number of nitro benzene ring substituents is 2. The van der Waals surface area contributed by atoms with Crippen LogP contribution in [0.25, 0.3) is 0 Å². The number of anilines is 1. The minimum absolute atomic E-state index is 0.0141. The van der Waals surface area contributed by atoms with Crippen molar-refractivity contribution < 1.29 is 9.85 Å². The van der Waals surface area contributed by atoms with Gasteiger partial charge in [-0.3, -0.25) is 20.2 Å². The van der Waals surface area contributed by atoms with Gasteiger partial charge in [-0.05, 0) is 0 Å². The van der Waals surface area contributed by atoms with Crippen LogP contribution in [0.3, 0.4) is 0 Å². The van der Waals surface area contributed by atoms with Crippen LogP contribution in [0.4, 0.5) is 17.1 Å². The Kier molecular flexibility index (Phi) is 3.00. The molecule has 1 aromatic carbocycles. The summed E-state index contributed by atoms with van der Waals surface area (Å²) in [6, 6.07) is 3.57. The van der Waals surface area contributed by atoms with Gasteiger partial charge in [0.2, 0.25) is 0 Å². The second-order valence-electron chi connectivity index (χ2n) is 2.76. The summed E-state index contributed by atoms with van der Waals surface area (Å²) in [4.78, 5) is 19.4. The molecule has 0 aromatic heterocycles. The van der Waals surface area contributed by atoms with Crippen molar-refractivity contribution in [1.29, 1.82) is 5.26 Å². The van der Waals surface area contributed by atoms with Crippen molar-refractivity contribution in [2.45, 2.75) is 0 Å². The molecule has 0 atom stereocenters. The van der Waals surface area contributed by atoms with Crippen LogP contribution in [0, 0.1) is 31.6 Å². The number of hydrogen-bond donors (Lipinski definition) is 1. The molecule has 16 heavy (non-hydrogen) atoms. The first-order chi connectivity index (χ1) is 7.51. The number of nitriles is 1. The minimum Gasteiger partial charge on any atom is -0.387 e. The average molecular weight is 222 g/mol. The molecule has 0 heterocycles. The van der Waals surface area contributed by atoms with Gasteiger partial charge >= 0.3 is 11.4 Å². The Morgan fingerprint density at radius 2 is 1.75 bits per heavy atom. The van der Waals surface area contributed by atoms with E-state index < -0.39 is 21.2 Å². The lowest BCUT2D eigenvalue weighted by Gasteiger charge is -2.02. The van der Waals surface area contributed by atoms with Crippen molar-refractivity contribution in [3.05, 3.63) is 37.9 Å². The fourth-order valence-corrected chi connectivity index (χ4v) is 1.17. The molecule has 0 radical (unpaired) electrons. The maximum Gasteiger partial charge on any atom is 0.348 e. The maximum absolute atomic E-state index is 10.6. The maximum atomic E-state index is 10.6. The van der Waals surface area contributed by atoms with Crippen LogP contribution in [-0.4, -0.2) is 16.9 Å². The molecular weight excluding hydrogens is 216 g/mol. The Morgan fingerprint density at radius 3 is 2.12 bits per heavy atom. The summed E-state index contributed by atoms with van der Waals surface area (Å²) in [6.45, 7) is 0. The number of nitrogens with zero attached hydrogens (tertiary/aromatic N) is 3. The van der Waals surface area contributed by atoms with E-state index in [1.165, 1.54) is 7.05 Å². The zero-order chi connectivity index (χ0) is 12.3. The molecule has 0 spiro atoms. The molecule has 8 heteroatoms. The Hall–Kier alpha value is -2.69. The van der Waals surface area contributed by atoms with Crippen LogP contribution in [0.15, 0.2) is 12.1 Å². The Labute approximate surface area is 89.4 Å². The molecule has 0 aliphatic heterocycles. The third kappa shape index (κ3) is 1.88. The predicted octanol–water partition coefficient (Wildman–Crippen LogP) is 1.42. The number of nitro groups is 2. The number of hydrogen-bond acceptors (Lipinski definition) is 6. The first-order valence-corrected chi connectivity index (χ1v) is 4.06. The summed E-state index contributed by atoms with van der Waals surface area (Å²) < 4.78 is 0. The molecule has 0 saturated heterocycles. The molecule has 1 rings (SSSR count). The van der Waals surface area contributed by atoms with Gasteiger partial charge in [0.15, 0.2) is 0 Å². The first-order valence-electron chi connectivity index (χ1n) is 4.06. The smallest absolute Gasteiger partial charge is 0.348 e. The van der Waals surface area contributed by atoms with Crippen LogP contribution in [-0.2, 0) is 0 Å². The van der Waals surface area contributed by atoms with Crippen LogP contribution < -0.4 is 5.32 Å². The van der Waals surface area contributed by atoms with Crippen molar-refractivity contribution in [1.82, 2.24) is 0 Å². The highest BCUT2D eigenvalue weighted by molar-refractivity contribution is 5.69. The number of benzene rings is 1. The first kappa shape index (κ1) is 11.4. The lowest BCUT2D eigenvalue weighted by Crippen LogP contribution is -2.00. The van der Waals surface area contributed by atoms with Crippen LogP contribution >= 0.6 is 0 Å². The summed E-state index contributed by atoms with van der Waals surface area (Å²) in [5.74, 6) is 0. The average Bonchev–Trinajstić information content (AvgIpc) is 2.26. The summed E-state index contributed by atoms with van der Waals surface area (Å²) in [7, 11) is 1.46. The molecule has 82 valence electrons. The SMILES string of the molecule is CNc1cc([N+](=O)[O-])c([N+](=O)[O-])cc1C#N. The molecule has 0 saturated carbocycles. The molecule has 0 bridgehead atoms. The van der Waals surface area contributed by atoms with Gasteiger partial charge in [-0.2, -0.15) is 5.26 Å². The zero-order valence-corrected chi connectivity index (χ0v) is 8.13. The van der Waals surface area contributed by atoms with E-state index in [0.29, 0.717) is 0 Å². The highest BCUT2D eigenvalue weighted by Gasteiger charge is 2.26. The van der Waals surface area contributed by atoms with E-state index in [4.69, 9.17) is 5.26 Å². The van der Waals surface area contributed by atoms with E-state index in [0.717, 1.165) is 12.1 Å². The number of nitrogens with one attached hydrogen (secondary N) is 1. The molecule has 1 aromatic rings. The fraction of sp³-hybridized carbons (Fsp3) is 0.125. The minimum atomic E-state index is -0.890. The van der Waals surface area contributed by atoms with Crippen molar-refractivity contribution in [3.8, 4) is 6.07 Å². The third-order valence-electron chi connectivity index (χ3n) is 1.90. The molecule has 0 fully saturated rings. The summed E-state index contributed by atoms with van der Waals surface area (Å²) >= 11 is 0. The summed E-state index contributed by atoms with van der Waals surface area (Å²) in [5, 5.41) is 32.4. The van der Waals surface area contributed by atoms with E-state index in [-0.39, 0.29) is 11.3 Å². The van der Waals surface area contributed by atoms with Crippen LogP contribution in [0.5, 0.6) is 0 Å². The Bertz CT molecular complexity index is 505. The van der Waals surface area contributed by atoms with Gasteiger partial charge in [0.05, 0.1) is 21.1 Å². The van der Waals surface area contributed by atoms with Gasteiger partial charge in [-0.15, -0.1) is 0 Å². The molecular formula is C8H6N4O4. The van der Waals surface area contributed by atoms with Gasteiger partial charge in [0.1, 0.15) is 6.07 Å². The Balaban J connectivity index is 3.55. The Morgan fingerprint density at radius 1 is 1.25 bits per heavy atom. The van der Waals surface area contributed by atoms with Gasteiger partial charge in [-0.25, -0.2) is 0 Å². The molecule has 8 nitrogen and oxygen atoms in total. The predicted molar refractivity (Wildman–Crippen MR) is 54.0 cm³/mol. The second-order valence-corrected chi connectivity index (χ2v) is 2.76. The molecule has 0 aliphatic carbocycles. The second kappa shape index (κ2) is 4.22. The lowest BCUT2D eigenvalue weighted by molar-refractivity contribution is -0.422. The normalized spacial score (nSPS) is 9.25. The van der Waals surface area contributed by atoms with E-state index in [2.05, 4.69) is 5.32 Å². The molecule has 0 unspecified atom stereocenters. The van der Waals surface area contributed by atoms with Gasteiger partial charge in [0.25, 0.3) is 0 Å². The van der Waals surface area contributed by atoms with E-state index in [1.54, 1.807) is 6.07 Å². The topological polar surface area (TPSA) is 122 Å². The van der Waals surface area contributed by atoms with E-state index in [1.807, 2.05) is 0 Å². The molecule has 0 aliphatic rings. The van der Waals surface area contributed by atoms with Gasteiger partial charge in [0, 0.05) is 19.2 Å². The number of rotatable bonds is 3.